The Bertz CT molecular complexity index is 722. The van der Waals surface area contributed by atoms with E-state index in [1.54, 1.807) is 11.8 Å². The predicted octanol–water partition coefficient (Wildman–Crippen LogP) is 3.18. The number of thioether (sulfide) groups is 2. The molecule has 0 aliphatic rings. The van der Waals surface area contributed by atoms with Gasteiger partial charge in [-0.3, -0.25) is 0 Å². The van der Waals surface area contributed by atoms with Crippen molar-refractivity contribution in [1.82, 2.24) is 19.6 Å². The van der Waals surface area contributed by atoms with E-state index in [2.05, 4.69) is 28.2 Å². The second kappa shape index (κ2) is 5.88. The Kier molecular flexibility index (Phi) is 3.98. The van der Waals surface area contributed by atoms with E-state index in [0.29, 0.717) is 11.1 Å². The van der Waals surface area contributed by atoms with E-state index < -0.39 is 0 Å². The lowest BCUT2D eigenvalue weighted by atomic mass is 10.3. The highest BCUT2D eigenvalue weighted by molar-refractivity contribution is 7.98. The van der Waals surface area contributed by atoms with E-state index in [1.807, 2.05) is 29.1 Å². The minimum absolute atomic E-state index is 0.600. The van der Waals surface area contributed by atoms with Crippen molar-refractivity contribution in [2.75, 3.05) is 6.26 Å². The molecule has 0 fully saturated rings. The molecule has 0 N–H and O–H groups in total. The first-order valence-electron chi connectivity index (χ1n) is 6.13. The number of imidazole rings is 1. The molecule has 0 amide bonds. The number of pyridine rings is 1. The molecule has 0 bridgehead atoms. The van der Waals surface area contributed by atoms with Crippen LogP contribution in [0.5, 0.6) is 0 Å². The van der Waals surface area contributed by atoms with Crippen LogP contribution in [0.3, 0.4) is 0 Å². The normalized spacial score (nSPS) is 11.3. The summed E-state index contributed by atoms with van der Waals surface area (Å²) in [5.41, 5.74) is 3.18. The van der Waals surface area contributed by atoms with Crippen molar-refractivity contribution in [3.05, 3.63) is 41.7 Å². The highest BCUT2D eigenvalue weighted by atomic mass is 32.2. The van der Waals surface area contributed by atoms with Gasteiger partial charge in [0.1, 0.15) is 5.65 Å². The zero-order valence-electron chi connectivity index (χ0n) is 11.2. The van der Waals surface area contributed by atoms with Crippen LogP contribution in [0.2, 0.25) is 0 Å². The van der Waals surface area contributed by atoms with Gasteiger partial charge in [-0.25, -0.2) is 4.98 Å². The zero-order chi connectivity index (χ0) is 13.9. The maximum Gasteiger partial charge on any atom is 0.276 e. The van der Waals surface area contributed by atoms with E-state index >= 15 is 0 Å². The summed E-state index contributed by atoms with van der Waals surface area (Å²) in [6, 6.07) is 4.08. The van der Waals surface area contributed by atoms with Gasteiger partial charge in [0.05, 0.1) is 11.4 Å². The summed E-state index contributed by atoms with van der Waals surface area (Å²) < 4.78 is 7.57. The van der Waals surface area contributed by atoms with E-state index in [0.717, 1.165) is 22.8 Å². The molecule has 20 heavy (non-hydrogen) atoms. The Hall–Kier alpha value is -1.47. The molecular weight excluding hydrogens is 292 g/mol. The minimum Gasteiger partial charge on any atom is -0.415 e. The molecule has 3 heterocycles. The number of aromatic nitrogens is 4. The van der Waals surface area contributed by atoms with E-state index in [-0.39, 0.29) is 0 Å². The number of aryl methyl sites for hydroxylation is 1. The summed E-state index contributed by atoms with van der Waals surface area (Å²) in [5.74, 6) is 2.15. The molecule has 0 aromatic carbocycles. The highest BCUT2D eigenvalue weighted by Crippen LogP contribution is 2.22. The molecule has 3 aromatic rings. The molecule has 104 valence electrons. The Balaban J connectivity index is 1.71. The SMILES string of the molecule is CSCc1nnc(SCc2cn3cccc(C)c3n2)o1. The van der Waals surface area contributed by atoms with Crippen LogP contribution in [-0.2, 0) is 11.5 Å². The fourth-order valence-corrected chi connectivity index (χ4v) is 2.92. The molecule has 0 radical (unpaired) electrons. The van der Waals surface area contributed by atoms with Gasteiger partial charge < -0.3 is 8.82 Å². The second-order valence-electron chi connectivity index (χ2n) is 4.34. The van der Waals surface area contributed by atoms with Crippen molar-refractivity contribution in [2.24, 2.45) is 0 Å². The summed E-state index contributed by atoms with van der Waals surface area (Å²) in [6.45, 7) is 2.06. The van der Waals surface area contributed by atoms with E-state index in [4.69, 9.17) is 4.42 Å². The lowest BCUT2D eigenvalue weighted by Gasteiger charge is -1.94. The van der Waals surface area contributed by atoms with E-state index in [9.17, 15) is 0 Å². The quantitative estimate of drug-likeness (QED) is 0.675. The van der Waals surface area contributed by atoms with Gasteiger partial charge in [-0.2, -0.15) is 11.8 Å². The molecule has 0 spiro atoms. The third kappa shape index (κ3) is 2.83. The minimum atomic E-state index is 0.600. The highest BCUT2D eigenvalue weighted by Gasteiger charge is 2.09. The monoisotopic (exact) mass is 306 g/mol. The summed E-state index contributed by atoms with van der Waals surface area (Å²) in [5, 5.41) is 8.61. The van der Waals surface area contributed by atoms with Gasteiger partial charge in [0.2, 0.25) is 5.89 Å². The third-order valence-electron chi connectivity index (χ3n) is 2.79. The van der Waals surface area contributed by atoms with E-state index in [1.165, 1.54) is 17.3 Å². The molecule has 0 saturated heterocycles. The molecule has 3 rings (SSSR count). The number of hydrogen-bond acceptors (Lipinski definition) is 6. The van der Waals surface area contributed by atoms with Crippen molar-refractivity contribution < 1.29 is 4.42 Å². The number of rotatable bonds is 5. The van der Waals surface area contributed by atoms with Crippen molar-refractivity contribution in [1.29, 1.82) is 0 Å². The van der Waals surface area contributed by atoms with Crippen LogP contribution in [0.15, 0.2) is 34.2 Å². The first-order chi connectivity index (χ1) is 9.76. The molecule has 0 atom stereocenters. The van der Waals surface area contributed by atoms with Crippen LogP contribution in [0, 0.1) is 6.92 Å². The topological polar surface area (TPSA) is 56.2 Å². The van der Waals surface area contributed by atoms with Crippen molar-refractivity contribution >= 4 is 29.2 Å². The summed E-state index contributed by atoms with van der Waals surface area (Å²) >= 11 is 3.18. The van der Waals surface area contributed by atoms with Gasteiger partial charge in [-0.15, -0.1) is 10.2 Å². The van der Waals surface area contributed by atoms with Crippen LogP contribution >= 0.6 is 23.5 Å². The molecule has 0 aliphatic carbocycles. The van der Waals surface area contributed by atoms with Gasteiger partial charge in [0.15, 0.2) is 0 Å². The first-order valence-corrected chi connectivity index (χ1v) is 8.51. The fourth-order valence-electron chi connectivity index (χ4n) is 1.89. The second-order valence-corrected chi connectivity index (χ2v) is 6.13. The van der Waals surface area contributed by atoms with Crippen LogP contribution in [-0.4, -0.2) is 25.8 Å². The van der Waals surface area contributed by atoms with Crippen molar-refractivity contribution in [3.63, 3.8) is 0 Å². The molecular formula is C13H14N4OS2. The molecule has 0 saturated carbocycles. The fraction of sp³-hybridized carbons (Fsp3) is 0.308. The molecule has 0 aliphatic heterocycles. The third-order valence-corrected chi connectivity index (χ3v) is 4.18. The average molecular weight is 306 g/mol. The van der Waals surface area contributed by atoms with Crippen LogP contribution in [0.25, 0.3) is 5.65 Å². The van der Waals surface area contributed by atoms with Gasteiger partial charge >= 0.3 is 0 Å². The van der Waals surface area contributed by atoms with Gasteiger partial charge in [-0.05, 0) is 24.8 Å². The maximum atomic E-state index is 5.53. The lowest BCUT2D eigenvalue weighted by Crippen LogP contribution is -1.84. The van der Waals surface area contributed by atoms with Crippen LogP contribution in [0.1, 0.15) is 17.1 Å². The van der Waals surface area contributed by atoms with Gasteiger partial charge in [0, 0.05) is 18.1 Å². The standard InChI is InChI=1S/C13H14N4OS2/c1-9-4-3-5-17-6-10(14-12(9)17)7-20-13-16-15-11(18-13)8-19-2/h3-6H,7-8H2,1-2H3. The summed E-state index contributed by atoms with van der Waals surface area (Å²) in [6.07, 6.45) is 6.05. The number of fused-ring (bicyclic) bond motifs is 1. The number of nitrogens with zero attached hydrogens (tertiary/aromatic N) is 4. The Morgan fingerprint density at radius 3 is 3.00 bits per heavy atom. The lowest BCUT2D eigenvalue weighted by molar-refractivity contribution is 0.426. The smallest absolute Gasteiger partial charge is 0.276 e. The molecule has 7 heteroatoms. The Labute approximate surface area is 125 Å². The Morgan fingerprint density at radius 2 is 2.20 bits per heavy atom. The summed E-state index contributed by atoms with van der Waals surface area (Å²) in [7, 11) is 0. The Morgan fingerprint density at radius 1 is 1.30 bits per heavy atom. The van der Waals surface area contributed by atoms with Gasteiger partial charge in [-0.1, -0.05) is 17.8 Å². The van der Waals surface area contributed by atoms with Crippen LogP contribution in [0.4, 0.5) is 0 Å². The average Bonchev–Trinajstić information content (AvgIpc) is 3.04. The molecule has 3 aromatic heterocycles. The molecule has 0 unspecified atom stereocenters. The zero-order valence-corrected chi connectivity index (χ0v) is 12.9. The largest absolute Gasteiger partial charge is 0.415 e. The summed E-state index contributed by atoms with van der Waals surface area (Å²) in [4.78, 5) is 4.62. The predicted molar refractivity (Wildman–Crippen MR) is 81.0 cm³/mol. The molecule has 5 nitrogen and oxygen atoms in total. The van der Waals surface area contributed by atoms with Crippen molar-refractivity contribution in [2.45, 2.75) is 23.7 Å². The first kappa shape index (κ1) is 13.5. The van der Waals surface area contributed by atoms with Crippen LogP contribution < -0.4 is 0 Å². The van der Waals surface area contributed by atoms with Gasteiger partial charge in [0.25, 0.3) is 5.22 Å². The maximum absolute atomic E-state index is 5.53. The van der Waals surface area contributed by atoms with Crippen molar-refractivity contribution in [3.8, 4) is 0 Å². The number of hydrogen-bond donors (Lipinski definition) is 0.